The van der Waals surface area contributed by atoms with Crippen LogP contribution < -0.4 is 20.3 Å². The van der Waals surface area contributed by atoms with Crippen molar-refractivity contribution >= 4 is 21.8 Å². The average Bonchev–Trinajstić information content (AvgIpc) is 2.80. The minimum absolute atomic E-state index is 0.0376. The van der Waals surface area contributed by atoms with Gasteiger partial charge >= 0.3 is 0 Å². The molecule has 3 N–H and O–H groups in total. The Morgan fingerprint density at radius 3 is 2.36 bits per heavy atom. The molecule has 0 aliphatic carbocycles. The molecule has 0 aliphatic rings. The Morgan fingerprint density at radius 1 is 1.06 bits per heavy atom. The SMILES string of the molecule is COc1cccc(CNC(=O)COc2ccc(S(=O)(=O)N(CC(=O)NO)CC(C)C)cc2)c1. The molecule has 0 fully saturated rings. The second-order valence-corrected chi connectivity index (χ2v) is 9.55. The molecule has 180 valence electrons. The van der Waals surface area contributed by atoms with Gasteiger partial charge in [0.05, 0.1) is 18.6 Å². The van der Waals surface area contributed by atoms with E-state index in [1.165, 1.54) is 29.7 Å². The fourth-order valence-corrected chi connectivity index (χ4v) is 4.45. The number of hydroxylamine groups is 1. The number of hydrogen-bond acceptors (Lipinski definition) is 7. The smallest absolute Gasteiger partial charge is 0.258 e. The van der Waals surface area contributed by atoms with E-state index in [2.05, 4.69) is 5.32 Å². The van der Waals surface area contributed by atoms with E-state index in [0.717, 1.165) is 9.87 Å². The second-order valence-electron chi connectivity index (χ2n) is 7.61. The third-order valence-electron chi connectivity index (χ3n) is 4.47. The van der Waals surface area contributed by atoms with Gasteiger partial charge in [-0.05, 0) is 47.9 Å². The number of carbonyl (C=O) groups excluding carboxylic acids is 2. The Balaban J connectivity index is 1.96. The maximum Gasteiger partial charge on any atom is 0.258 e. The zero-order valence-electron chi connectivity index (χ0n) is 18.8. The number of carbonyl (C=O) groups is 2. The molecule has 2 rings (SSSR count). The Morgan fingerprint density at radius 2 is 1.76 bits per heavy atom. The number of amides is 2. The summed E-state index contributed by atoms with van der Waals surface area (Å²) in [5, 5.41) is 11.5. The van der Waals surface area contributed by atoms with Crippen LogP contribution in [0.5, 0.6) is 11.5 Å². The van der Waals surface area contributed by atoms with Crippen molar-refractivity contribution < 1.29 is 32.7 Å². The van der Waals surface area contributed by atoms with Crippen LogP contribution in [-0.4, -0.2) is 56.6 Å². The molecule has 10 nitrogen and oxygen atoms in total. The lowest BCUT2D eigenvalue weighted by Gasteiger charge is -2.23. The first kappa shape index (κ1) is 26.1. The molecular weight excluding hydrogens is 450 g/mol. The van der Waals surface area contributed by atoms with Gasteiger partial charge in [0.15, 0.2) is 6.61 Å². The molecule has 0 saturated heterocycles. The Kier molecular flexibility index (Phi) is 9.64. The van der Waals surface area contributed by atoms with Gasteiger partial charge < -0.3 is 14.8 Å². The van der Waals surface area contributed by atoms with E-state index >= 15 is 0 Å². The van der Waals surface area contributed by atoms with E-state index in [-0.39, 0.29) is 29.9 Å². The van der Waals surface area contributed by atoms with Crippen LogP contribution >= 0.6 is 0 Å². The zero-order chi connectivity index (χ0) is 24.4. The fourth-order valence-electron chi connectivity index (χ4n) is 2.89. The number of methoxy groups -OCH3 is 1. The van der Waals surface area contributed by atoms with E-state index < -0.39 is 22.5 Å². The number of hydrogen-bond donors (Lipinski definition) is 3. The predicted molar refractivity (Wildman–Crippen MR) is 120 cm³/mol. The summed E-state index contributed by atoms with van der Waals surface area (Å²) in [6.07, 6.45) is 0. The molecule has 0 spiro atoms. The van der Waals surface area contributed by atoms with Crippen molar-refractivity contribution in [3.63, 3.8) is 0 Å². The maximum atomic E-state index is 12.9. The van der Waals surface area contributed by atoms with Gasteiger partial charge in [-0.3, -0.25) is 14.8 Å². The summed E-state index contributed by atoms with van der Waals surface area (Å²) in [4.78, 5) is 23.6. The van der Waals surface area contributed by atoms with Crippen LogP contribution in [0.2, 0.25) is 0 Å². The van der Waals surface area contributed by atoms with E-state index in [1.807, 2.05) is 38.1 Å². The normalized spacial score (nSPS) is 11.3. The molecule has 0 heterocycles. The molecule has 2 aromatic rings. The average molecular weight is 480 g/mol. The molecule has 0 aliphatic heterocycles. The summed E-state index contributed by atoms with van der Waals surface area (Å²) in [5.41, 5.74) is 2.32. The minimum atomic E-state index is -3.98. The van der Waals surface area contributed by atoms with Gasteiger partial charge in [0, 0.05) is 13.1 Å². The first-order valence-corrected chi connectivity index (χ1v) is 11.6. The zero-order valence-corrected chi connectivity index (χ0v) is 19.6. The van der Waals surface area contributed by atoms with E-state index in [9.17, 15) is 18.0 Å². The molecule has 33 heavy (non-hydrogen) atoms. The monoisotopic (exact) mass is 479 g/mol. The van der Waals surface area contributed by atoms with Crippen LogP contribution in [0.4, 0.5) is 0 Å². The number of nitrogens with zero attached hydrogens (tertiary/aromatic N) is 1. The maximum absolute atomic E-state index is 12.9. The van der Waals surface area contributed by atoms with Crippen LogP contribution in [0.3, 0.4) is 0 Å². The van der Waals surface area contributed by atoms with Crippen molar-refractivity contribution in [2.45, 2.75) is 25.3 Å². The van der Waals surface area contributed by atoms with Crippen molar-refractivity contribution in [3.05, 3.63) is 54.1 Å². The lowest BCUT2D eigenvalue weighted by Crippen LogP contribution is -2.41. The summed E-state index contributed by atoms with van der Waals surface area (Å²) in [7, 11) is -2.41. The molecular formula is C22H29N3O7S. The quantitative estimate of drug-likeness (QED) is 0.310. The highest BCUT2D eigenvalue weighted by atomic mass is 32.2. The topological polar surface area (TPSA) is 134 Å². The Labute approximate surface area is 193 Å². The van der Waals surface area contributed by atoms with Crippen molar-refractivity contribution in [1.29, 1.82) is 0 Å². The van der Waals surface area contributed by atoms with Crippen molar-refractivity contribution in [2.24, 2.45) is 5.92 Å². The summed E-state index contributed by atoms with van der Waals surface area (Å²) in [5.74, 6) is -0.206. The fraction of sp³-hybridized carbons (Fsp3) is 0.364. The first-order chi connectivity index (χ1) is 15.6. The lowest BCUT2D eigenvalue weighted by molar-refractivity contribution is -0.129. The van der Waals surface area contributed by atoms with Gasteiger partial charge in [0.1, 0.15) is 11.5 Å². The van der Waals surface area contributed by atoms with Crippen molar-refractivity contribution in [1.82, 2.24) is 15.1 Å². The van der Waals surface area contributed by atoms with Crippen molar-refractivity contribution in [3.8, 4) is 11.5 Å². The molecule has 0 atom stereocenters. The molecule has 0 saturated carbocycles. The van der Waals surface area contributed by atoms with E-state index in [1.54, 1.807) is 7.11 Å². The van der Waals surface area contributed by atoms with Gasteiger partial charge in [-0.1, -0.05) is 26.0 Å². The van der Waals surface area contributed by atoms with Crippen LogP contribution in [0.1, 0.15) is 19.4 Å². The Bertz CT molecular complexity index is 1040. The van der Waals surface area contributed by atoms with Gasteiger partial charge in [0.25, 0.3) is 11.8 Å². The summed E-state index contributed by atoms with van der Waals surface area (Å²) >= 11 is 0. The number of rotatable bonds is 12. The molecule has 0 unspecified atom stereocenters. The largest absolute Gasteiger partial charge is 0.497 e. The molecule has 0 bridgehead atoms. The number of sulfonamides is 1. The van der Waals surface area contributed by atoms with Crippen LogP contribution in [0.25, 0.3) is 0 Å². The highest BCUT2D eigenvalue weighted by molar-refractivity contribution is 7.89. The van der Waals surface area contributed by atoms with Gasteiger partial charge in [-0.25, -0.2) is 13.9 Å². The van der Waals surface area contributed by atoms with Gasteiger partial charge in [-0.2, -0.15) is 4.31 Å². The highest BCUT2D eigenvalue weighted by Gasteiger charge is 2.27. The molecule has 11 heteroatoms. The standard InChI is InChI=1S/C22H29N3O7S/c1-16(2)13-25(14-21(26)24-28)33(29,30)20-9-7-18(8-10-20)32-15-22(27)23-12-17-5-4-6-19(11-17)31-3/h4-11,16,28H,12-15H2,1-3H3,(H,23,27)(H,24,26). The molecule has 2 aromatic carbocycles. The van der Waals surface area contributed by atoms with Crippen molar-refractivity contribution in [2.75, 3.05) is 26.8 Å². The van der Waals surface area contributed by atoms with Crippen LogP contribution in [0.15, 0.2) is 53.4 Å². The molecule has 2 amide bonds. The Hall–Kier alpha value is -3.15. The third-order valence-corrected chi connectivity index (χ3v) is 6.29. The first-order valence-electron chi connectivity index (χ1n) is 10.2. The summed E-state index contributed by atoms with van der Waals surface area (Å²) in [6.45, 7) is 3.28. The number of benzene rings is 2. The molecule has 0 aromatic heterocycles. The third kappa shape index (κ3) is 8.04. The van der Waals surface area contributed by atoms with Gasteiger partial charge in [-0.15, -0.1) is 0 Å². The number of nitrogens with one attached hydrogen (secondary N) is 2. The van der Waals surface area contributed by atoms with E-state index in [4.69, 9.17) is 14.7 Å². The van der Waals surface area contributed by atoms with Gasteiger partial charge in [0.2, 0.25) is 10.0 Å². The van der Waals surface area contributed by atoms with Crippen LogP contribution in [-0.2, 0) is 26.2 Å². The highest BCUT2D eigenvalue weighted by Crippen LogP contribution is 2.20. The second kappa shape index (κ2) is 12.2. The molecule has 0 radical (unpaired) electrons. The van der Waals surface area contributed by atoms with E-state index in [0.29, 0.717) is 18.0 Å². The predicted octanol–water partition coefficient (Wildman–Crippen LogP) is 1.54. The van der Waals surface area contributed by atoms with Crippen LogP contribution in [0, 0.1) is 5.92 Å². The lowest BCUT2D eigenvalue weighted by atomic mass is 10.2. The number of ether oxygens (including phenoxy) is 2. The minimum Gasteiger partial charge on any atom is -0.497 e. The summed E-state index contributed by atoms with van der Waals surface area (Å²) in [6, 6.07) is 12.8. The summed E-state index contributed by atoms with van der Waals surface area (Å²) < 4.78 is 37.4.